The summed E-state index contributed by atoms with van der Waals surface area (Å²) in [6.07, 6.45) is 14.6. The van der Waals surface area contributed by atoms with E-state index in [1.165, 1.54) is 17.4 Å². The second kappa shape index (κ2) is 12.6. The number of hydrogen-bond acceptors (Lipinski definition) is 10. The monoisotopic (exact) mass is 729 g/mol. The number of ether oxygens (including phenoxy) is 1. The van der Waals surface area contributed by atoms with Crippen LogP contribution in [0.4, 0.5) is 14.6 Å². The Balaban J connectivity index is 1.14. The van der Waals surface area contributed by atoms with Crippen molar-refractivity contribution in [3.05, 3.63) is 48.0 Å². The first-order valence-corrected chi connectivity index (χ1v) is 19.3. The number of alkyl halides is 1. The van der Waals surface area contributed by atoms with Gasteiger partial charge in [0.25, 0.3) is 0 Å². The number of nitrogens with one attached hydrogen (secondary N) is 1. The molecular formula is C40H37F2N9OS. The normalized spacial score (nSPS) is 24.5. The van der Waals surface area contributed by atoms with Gasteiger partial charge in [-0.15, -0.1) is 17.8 Å². The third-order valence-electron chi connectivity index (χ3n) is 12.1. The highest BCUT2D eigenvalue weighted by Gasteiger charge is 2.49. The molecule has 4 fully saturated rings. The number of aromatic nitrogens is 5. The molecule has 10 nitrogen and oxygen atoms in total. The van der Waals surface area contributed by atoms with Gasteiger partial charge >= 0.3 is 6.01 Å². The molecule has 4 aliphatic heterocycles. The van der Waals surface area contributed by atoms with Crippen LogP contribution in [0.15, 0.2) is 36.7 Å². The van der Waals surface area contributed by atoms with Gasteiger partial charge in [-0.1, -0.05) is 12.0 Å². The van der Waals surface area contributed by atoms with E-state index in [0.717, 1.165) is 101 Å². The fraction of sp³-hybridized carbons (Fsp3) is 0.425. The molecule has 13 heteroatoms. The largest absolute Gasteiger partial charge is 0.461 e. The number of benzene rings is 2. The number of fused-ring (bicyclic) bond motifs is 8. The van der Waals surface area contributed by atoms with Crippen molar-refractivity contribution < 1.29 is 13.5 Å². The Kier molecular flexibility index (Phi) is 7.76. The Hall–Kier alpha value is -4.95. The second-order valence-corrected chi connectivity index (χ2v) is 16.0. The summed E-state index contributed by atoms with van der Waals surface area (Å²) < 4.78 is 37.4. The molecule has 53 heavy (non-hydrogen) atoms. The minimum absolute atomic E-state index is 0.183. The molecule has 4 aliphatic rings. The number of terminal acetylenes is 1. The Morgan fingerprint density at radius 2 is 1.98 bits per heavy atom. The van der Waals surface area contributed by atoms with Crippen LogP contribution in [-0.4, -0.2) is 98.1 Å². The number of aromatic amines is 1. The highest BCUT2D eigenvalue weighted by atomic mass is 32.1. The molecule has 8 heterocycles. The van der Waals surface area contributed by atoms with Crippen LogP contribution in [0, 0.1) is 29.5 Å². The lowest BCUT2D eigenvalue weighted by Crippen LogP contribution is -2.54. The van der Waals surface area contributed by atoms with E-state index in [-0.39, 0.29) is 11.1 Å². The van der Waals surface area contributed by atoms with E-state index in [2.05, 4.69) is 36.9 Å². The van der Waals surface area contributed by atoms with Gasteiger partial charge < -0.3 is 9.64 Å². The Morgan fingerprint density at radius 3 is 2.81 bits per heavy atom. The van der Waals surface area contributed by atoms with Crippen LogP contribution < -0.4 is 9.64 Å². The fourth-order valence-corrected chi connectivity index (χ4v) is 11.0. The van der Waals surface area contributed by atoms with E-state index in [0.29, 0.717) is 60.7 Å². The third-order valence-corrected chi connectivity index (χ3v) is 13.2. The summed E-state index contributed by atoms with van der Waals surface area (Å²) in [4.78, 5) is 23.1. The molecule has 4 saturated heterocycles. The molecule has 6 aromatic rings. The van der Waals surface area contributed by atoms with Gasteiger partial charge in [0.1, 0.15) is 29.2 Å². The molecule has 4 atom stereocenters. The number of halogens is 2. The average molecular weight is 730 g/mol. The summed E-state index contributed by atoms with van der Waals surface area (Å²) in [6, 6.07) is 10.4. The molecule has 4 aromatic heterocycles. The van der Waals surface area contributed by atoms with Crippen LogP contribution in [0.3, 0.4) is 0 Å². The summed E-state index contributed by atoms with van der Waals surface area (Å²) in [7, 11) is 0. The number of rotatable bonds is 8. The van der Waals surface area contributed by atoms with Gasteiger partial charge in [-0.2, -0.15) is 20.3 Å². The number of H-pyrrole nitrogens is 1. The molecule has 268 valence electrons. The van der Waals surface area contributed by atoms with Gasteiger partial charge in [-0.25, -0.2) is 8.78 Å². The van der Waals surface area contributed by atoms with Crippen LogP contribution >= 0.6 is 11.3 Å². The van der Waals surface area contributed by atoms with Crippen molar-refractivity contribution in [2.75, 3.05) is 44.2 Å². The molecule has 1 N–H and O–H groups in total. The van der Waals surface area contributed by atoms with Gasteiger partial charge in [0.2, 0.25) is 0 Å². The molecule has 2 bridgehead atoms. The molecule has 10 rings (SSSR count). The number of pyridine rings is 1. The first-order chi connectivity index (χ1) is 25.9. The van der Waals surface area contributed by atoms with Crippen LogP contribution in [0.2, 0.25) is 0 Å². The SMILES string of the molecule is C#Cc1c(F)ccc2cc3[nH]ncc3c(-c3nccc4c3sc3nc(OC[C@@]56CCCN5C[C@H](F)C6)nc(N5C[C@H]6CC[C@@H](C5)N6CCCC#N)c34)c12. The average Bonchev–Trinajstić information content (AvgIpc) is 3.97. The molecule has 0 saturated carbocycles. The number of nitriles is 1. The maximum absolute atomic E-state index is 15.3. The molecule has 0 aliphatic carbocycles. The Morgan fingerprint density at radius 1 is 1.11 bits per heavy atom. The van der Waals surface area contributed by atoms with Crippen LogP contribution in [0.25, 0.3) is 53.2 Å². The summed E-state index contributed by atoms with van der Waals surface area (Å²) in [6.45, 7) is 4.19. The van der Waals surface area contributed by atoms with Crippen molar-refractivity contribution in [1.29, 1.82) is 5.26 Å². The highest BCUT2D eigenvalue weighted by Crippen LogP contribution is 2.47. The fourth-order valence-electron chi connectivity index (χ4n) is 9.82. The Bertz CT molecular complexity index is 2510. The van der Waals surface area contributed by atoms with Gasteiger partial charge in [0, 0.05) is 72.5 Å². The van der Waals surface area contributed by atoms with Crippen molar-refractivity contribution in [2.45, 2.75) is 68.7 Å². The Labute approximate surface area is 308 Å². The number of thiophene rings is 1. The van der Waals surface area contributed by atoms with Gasteiger partial charge in [-0.05, 0) is 68.8 Å². The lowest BCUT2D eigenvalue weighted by Gasteiger charge is -2.41. The van der Waals surface area contributed by atoms with Gasteiger partial charge in [0.05, 0.1) is 44.7 Å². The van der Waals surface area contributed by atoms with Crippen molar-refractivity contribution >= 4 is 59.1 Å². The minimum Gasteiger partial charge on any atom is -0.461 e. The minimum atomic E-state index is -0.856. The van der Waals surface area contributed by atoms with Gasteiger partial charge in [-0.3, -0.25) is 19.9 Å². The quantitative estimate of drug-likeness (QED) is 0.131. The van der Waals surface area contributed by atoms with E-state index in [1.807, 2.05) is 12.1 Å². The van der Waals surface area contributed by atoms with Crippen molar-refractivity contribution in [3.63, 3.8) is 0 Å². The molecule has 0 unspecified atom stereocenters. The third kappa shape index (κ3) is 5.16. The first kappa shape index (κ1) is 32.7. The van der Waals surface area contributed by atoms with Crippen molar-refractivity contribution in [2.24, 2.45) is 0 Å². The van der Waals surface area contributed by atoms with Crippen LogP contribution in [0.5, 0.6) is 6.01 Å². The molecule has 0 amide bonds. The molecule has 0 radical (unpaired) electrons. The molecule has 2 aromatic carbocycles. The number of unbranched alkanes of at least 4 members (excludes halogenated alkanes) is 1. The maximum atomic E-state index is 15.3. The van der Waals surface area contributed by atoms with Gasteiger partial charge in [0.15, 0.2) is 0 Å². The van der Waals surface area contributed by atoms with Crippen molar-refractivity contribution in [3.8, 4) is 35.7 Å². The summed E-state index contributed by atoms with van der Waals surface area (Å²) >= 11 is 1.51. The van der Waals surface area contributed by atoms with E-state index in [1.54, 1.807) is 18.5 Å². The van der Waals surface area contributed by atoms with E-state index in [9.17, 15) is 4.39 Å². The number of anilines is 1. The lowest BCUT2D eigenvalue weighted by atomic mass is 9.93. The second-order valence-electron chi connectivity index (χ2n) is 15.0. The first-order valence-electron chi connectivity index (χ1n) is 18.5. The molecule has 0 spiro atoms. The van der Waals surface area contributed by atoms with Crippen molar-refractivity contribution in [1.82, 2.24) is 34.9 Å². The van der Waals surface area contributed by atoms with E-state index >= 15 is 4.39 Å². The smallest absolute Gasteiger partial charge is 0.319 e. The number of nitrogens with zero attached hydrogens (tertiary/aromatic N) is 8. The molecular weight excluding hydrogens is 693 g/mol. The topological polar surface area (TPSA) is 110 Å². The summed E-state index contributed by atoms with van der Waals surface area (Å²) in [5.74, 6) is 2.96. The predicted octanol–water partition coefficient (Wildman–Crippen LogP) is 6.97. The summed E-state index contributed by atoms with van der Waals surface area (Å²) in [5.41, 5.74) is 2.03. The predicted molar refractivity (Wildman–Crippen MR) is 202 cm³/mol. The van der Waals surface area contributed by atoms with E-state index in [4.69, 9.17) is 31.4 Å². The highest BCUT2D eigenvalue weighted by molar-refractivity contribution is 7.26. The van der Waals surface area contributed by atoms with Crippen LogP contribution in [-0.2, 0) is 0 Å². The number of piperazine rings is 1. The zero-order chi connectivity index (χ0) is 35.8. The standard InChI is InChI=1S/C40H37F2N9OS/c1-2-27-30(42)9-6-23-16-31-29(18-45-48-31)33(32(23)27)35-36-28(10-13-44-35)34-37(49-20-25-7-8-26(21-49)51(25)15-4-3-12-43)46-39(47-38(34)53-36)52-22-40-11-5-14-50(40)19-24(41)17-40/h1,6,9-10,13,16,18,24-26H,3-5,7-8,11,14-15,17,19-22H2,(H,45,48)/t24-,25-,26+,40+/m1/s1. The summed E-state index contributed by atoms with van der Waals surface area (Å²) in [5, 5.41) is 20.7. The zero-order valence-corrected chi connectivity index (χ0v) is 29.9. The lowest BCUT2D eigenvalue weighted by molar-refractivity contribution is 0.107. The maximum Gasteiger partial charge on any atom is 0.319 e. The van der Waals surface area contributed by atoms with Crippen LogP contribution in [0.1, 0.15) is 50.5 Å². The number of hydrogen-bond donors (Lipinski definition) is 1. The zero-order valence-electron chi connectivity index (χ0n) is 29.1. The van der Waals surface area contributed by atoms with E-state index < -0.39 is 12.0 Å².